The molecule has 112 valence electrons. The highest BCUT2D eigenvalue weighted by Gasteiger charge is 2.24. The highest BCUT2D eigenvalue weighted by Crippen LogP contribution is 2.25. The van der Waals surface area contributed by atoms with Crippen molar-refractivity contribution in [2.45, 2.75) is 53.4 Å². The monoisotopic (exact) mass is 268 g/mol. The number of nitrogens with one attached hydrogen (secondary N) is 1. The lowest BCUT2D eigenvalue weighted by Gasteiger charge is -2.25. The summed E-state index contributed by atoms with van der Waals surface area (Å²) in [6.07, 6.45) is 4.18. The molecule has 0 aliphatic carbocycles. The van der Waals surface area contributed by atoms with Crippen molar-refractivity contribution in [2.75, 3.05) is 26.2 Å². The first-order valence-electron chi connectivity index (χ1n) is 8.03. The van der Waals surface area contributed by atoms with Crippen molar-refractivity contribution in [1.29, 1.82) is 0 Å². The van der Waals surface area contributed by atoms with Crippen LogP contribution in [0.2, 0.25) is 0 Å². The van der Waals surface area contributed by atoms with Crippen LogP contribution in [-0.2, 0) is 4.79 Å². The van der Waals surface area contributed by atoms with Crippen LogP contribution in [-0.4, -0.2) is 37.0 Å². The second-order valence-corrected chi connectivity index (χ2v) is 6.48. The first-order valence-corrected chi connectivity index (χ1v) is 8.03. The molecule has 1 saturated heterocycles. The van der Waals surface area contributed by atoms with Crippen LogP contribution in [0, 0.1) is 17.8 Å². The molecule has 1 heterocycles. The Balaban J connectivity index is 2.37. The van der Waals surface area contributed by atoms with Gasteiger partial charge < -0.3 is 10.2 Å². The summed E-state index contributed by atoms with van der Waals surface area (Å²) in [5.41, 5.74) is 0. The number of carbonyl (C=O) groups excluding carboxylic acids is 1. The average molecular weight is 268 g/mol. The third kappa shape index (κ3) is 5.94. The third-order valence-electron chi connectivity index (χ3n) is 4.25. The minimum absolute atomic E-state index is 0.366. The number of amides is 1. The van der Waals surface area contributed by atoms with Crippen LogP contribution in [0.5, 0.6) is 0 Å². The van der Waals surface area contributed by atoms with Crippen molar-refractivity contribution in [3.63, 3.8) is 0 Å². The van der Waals surface area contributed by atoms with Crippen LogP contribution in [0.1, 0.15) is 53.4 Å². The standard InChI is InChI=1S/C16H32N2O/c1-5-9-17-11-14(4)12-18-10-8-15(13(2)3)6-7-16(18)19/h13-15,17H,5-12H2,1-4H3. The van der Waals surface area contributed by atoms with Crippen molar-refractivity contribution in [1.82, 2.24) is 10.2 Å². The van der Waals surface area contributed by atoms with Gasteiger partial charge in [0.25, 0.3) is 0 Å². The van der Waals surface area contributed by atoms with Gasteiger partial charge in [0.15, 0.2) is 0 Å². The maximum absolute atomic E-state index is 12.2. The zero-order chi connectivity index (χ0) is 14.3. The molecule has 1 amide bonds. The summed E-state index contributed by atoms with van der Waals surface area (Å²) in [5.74, 6) is 2.34. The van der Waals surface area contributed by atoms with Crippen LogP contribution < -0.4 is 5.32 Å². The van der Waals surface area contributed by atoms with E-state index in [4.69, 9.17) is 0 Å². The van der Waals surface area contributed by atoms with Gasteiger partial charge in [0.1, 0.15) is 0 Å². The highest BCUT2D eigenvalue weighted by molar-refractivity contribution is 5.76. The van der Waals surface area contributed by atoms with Gasteiger partial charge >= 0.3 is 0 Å². The van der Waals surface area contributed by atoms with E-state index in [1.54, 1.807) is 0 Å². The zero-order valence-corrected chi connectivity index (χ0v) is 13.2. The number of rotatable bonds is 7. The van der Waals surface area contributed by atoms with E-state index in [9.17, 15) is 4.79 Å². The van der Waals surface area contributed by atoms with Gasteiger partial charge in [-0.05, 0) is 50.1 Å². The van der Waals surface area contributed by atoms with Gasteiger partial charge in [-0.2, -0.15) is 0 Å². The lowest BCUT2D eigenvalue weighted by molar-refractivity contribution is -0.131. The molecule has 0 saturated carbocycles. The molecule has 3 nitrogen and oxygen atoms in total. The number of carbonyl (C=O) groups is 1. The fraction of sp³-hybridized carbons (Fsp3) is 0.938. The Labute approximate surface area is 119 Å². The van der Waals surface area contributed by atoms with Crippen LogP contribution in [0.25, 0.3) is 0 Å². The molecule has 0 aromatic heterocycles. The van der Waals surface area contributed by atoms with Gasteiger partial charge in [0.2, 0.25) is 5.91 Å². The van der Waals surface area contributed by atoms with Crippen LogP contribution in [0.3, 0.4) is 0 Å². The van der Waals surface area contributed by atoms with E-state index in [2.05, 4.69) is 37.9 Å². The molecule has 3 heteroatoms. The Kier molecular flexibility index (Phi) is 7.44. The highest BCUT2D eigenvalue weighted by atomic mass is 16.2. The van der Waals surface area contributed by atoms with E-state index >= 15 is 0 Å². The number of likely N-dealkylation sites (tertiary alicyclic amines) is 1. The van der Waals surface area contributed by atoms with Gasteiger partial charge in [-0.25, -0.2) is 0 Å². The first kappa shape index (κ1) is 16.5. The Hall–Kier alpha value is -0.570. The fourth-order valence-electron chi connectivity index (χ4n) is 2.88. The van der Waals surface area contributed by atoms with Crippen molar-refractivity contribution >= 4 is 5.91 Å². The maximum Gasteiger partial charge on any atom is 0.222 e. The Morgan fingerprint density at radius 1 is 1.32 bits per heavy atom. The van der Waals surface area contributed by atoms with E-state index in [1.807, 2.05) is 0 Å². The maximum atomic E-state index is 12.2. The molecule has 2 atom stereocenters. The van der Waals surface area contributed by atoms with E-state index in [0.717, 1.165) is 44.9 Å². The number of nitrogens with zero attached hydrogens (tertiary/aromatic N) is 1. The van der Waals surface area contributed by atoms with E-state index in [0.29, 0.717) is 17.7 Å². The zero-order valence-electron chi connectivity index (χ0n) is 13.2. The van der Waals surface area contributed by atoms with Crippen LogP contribution in [0.4, 0.5) is 0 Å². The molecule has 19 heavy (non-hydrogen) atoms. The Morgan fingerprint density at radius 2 is 2.05 bits per heavy atom. The summed E-state index contributed by atoms with van der Waals surface area (Å²) in [4.78, 5) is 14.3. The molecule has 0 aromatic carbocycles. The van der Waals surface area contributed by atoms with Gasteiger partial charge in [-0.3, -0.25) is 4.79 Å². The first-order chi connectivity index (χ1) is 9.04. The van der Waals surface area contributed by atoms with E-state index < -0.39 is 0 Å². The van der Waals surface area contributed by atoms with Gasteiger partial charge in [-0.1, -0.05) is 27.7 Å². The smallest absolute Gasteiger partial charge is 0.222 e. The average Bonchev–Trinajstić information content (AvgIpc) is 2.53. The van der Waals surface area contributed by atoms with Crippen LogP contribution in [0.15, 0.2) is 0 Å². The molecule has 1 fully saturated rings. The van der Waals surface area contributed by atoms with Gasteiger partial charge in [-0.15, -0.1) is 0 Å². The van der Waals surface area contributed by atoms with Crippen molar-refractivity contribution in [3.05, 3.63) is 0 Å². The summed E-state index contributed by atoms with van der Waals surface area (Å²) in [6, 6.07) is 0. The summed E-state index contributed by atoms with van der Waals surface area (Å²) >= 11 is 0. The molecule has 1 aliphatic rings. The molecular weight excluding hydrogens is 236 g/mol. The number of hydrogen-bond acceptors (Lipinski definition) is 2. The Bertz CT molecular complexity index is 265. The molecule has 0 bridgehead atoms. The molecule has 0 radical (unpaired) electrons. The second kappa shape index (κ2) is 8.57. The molecule has 1 rings (SSSR count). The minimum Gasteiger partial charge on any atom is -0.342 e. The minimum atomic E-state index is 0.366. The molecule has 1 aliphatic heterocycles. The summed E-state index contributed by atoms with van der Waals surface area (Å²) in [5, 5.41) is 3.44. The van der Waals surface area contributed by atoms with Gasteiger partial charge in [0.05, 0.1) is 0 Å². The third-order valence-corrected chi connectivity index (χ3v) is 4.25. The molecule has 1 N–H and O–H groups in total. The van der Waals surface area contributed by atoms with Gasteiger partial charge in [0, 0.05) is 19.5 Å². The predicted molar refractivity (Wildman–Crippen MR) is 81.1 cm³/mol. The largest absolute Gasteiger partial charge is 0.342 e. The van der Waals surface area contributed by atoms with E-state index in [-0.39, 0.29) is 0 Å². The fourth-order valence-corrected chi connectivity index (χ4v) is 2.88. The van der Waals surface area contributed by atoms with Crippen molar-refractivity contribution < 1.29 is 4.79 Å². The summed E-state index contributed by atoms with van der Waals surface area (Å²) < 4.78 is 0. The van der Waals surface area contributed by atoms with Crippen molar-refractivity contribution in [2.24, 2.45) is 17.8 Å². The summed E-state index contributed by atoms with van der Waals surface area (Å²) in [7, 11) is 0. The van der Waals surface area contributed by atoms with Crippen molar-refractivity contribution in [3.8, 4) is 0 Å². The second-order valence-electron chi connectivity index (χ2n) is 6.48. The van der Waals surface area contributed by atoms with E-state index in [1.165, 1.54) is 12.8 Å². The SMILES string of the molecule is CCCNCC(C)CN1CCC(C(C)C)CCC1=O. The quantitative estimate of drug-likeness (QED) is 0.720. The predicted octanol–water partition coefficient (Wildman–Crippen LogP) is 2.91. The lowest BCUT2D eigenvalue weighted by Crippen LogP contribution is -2.37. The molecular formula is C16H32N2O. The van der Waals surface area contributed by atoms with Crippen LogP contribution >= 0.6 is 0 Å². The molecule has 0 aromatic rings. The number of hydrogen-bond donors (Lipinski definition) is 1. The molecule has 2 unspecified atom stereocenters. The summed E-state index contributed by atoms with van der Waals surface area (Å²) in [6.45, 7) is 13.0. The Morgan fingerprint density at radius 3 is 2.68 bits per heavy atom. The lowest BCUT2D eigenvalue weighted by atomic mass is 9.89. The normalized spacial score (nSPS) is 22.7. The molecule has 0 spiro atoms. The topological polar surface area (TPSA) is 32.3 Å².